The molecule has 1 unspecified atom stereocenters. The summed E-state index contributed by atoms with van der Waals surface area (Å²) >= 11 is 0. The van der Waals surface area contributed by atoms with E-state index in [1.165, 1.54) is 0 Å². The summed E-state index contributed by atoms with van der Waals surface area (Å²) in [4.78, 5) is 10.9. The maximum atomic E-state index is 10.9. The van der Waals surface area contributed by atoms with Crippen LogP contribution in [0.1, 0.15) is 19.8 Å². The van der Waals surface area contributed by atoms with Gasteiger partial charge in [-0.15, -0.1) is 0 Å². The minimum absolute atomic E-state index is 0.00900. The van der Waals surface area contributed by atoms with Crippen LogP contribution in [0.5, 0.6) is 0 Å². The Labute approximate surface area is 84.5 Å². The molecule has 0 bridgehead atoms. The summed E-state index contributed by atoms with van der Waals surface area (Å²) in [5, 5.41) is 8.78. The van der Waals surface area contributed by atoms with Gasteiger partial charge in [0.05, 0.1) is 19.3 Å². The smallest absolute Gasteiger partial charge is 0.333 e. The molecule has 0 aromatic heterocycles. The van der Waals surface area contributed by atoms with Gasteiger partial charge >= 0.3 is 5.97 Å². The zero-order valence-corrected chi connectivity index (χ0v) is 8.78. The molecule has 0 aliphatic carbocycles. The van der Waals surface area contributed by atoms with E-state index < -0.39 is 0 Å². The molecule has 14 heavy (non-hydrogen) atoms. The third-order valence-electron chi connectivity index (χ3n) is 1.79. The van der Waals surface area contributed by atoms with Crippen molar-refractivity contribution in [2.24, 2.45) is 0 Å². The van der Waals surface area contributed by atoms with Gasteiger partial charge in [-0.25, -0.2) is 4.79 Å². The molecule has 0 saturated carbocycles. The summed E-state index contributed by atoms with van der Waals surface area (Å²) in [6.45, 7) is 5.40. The Bertz CT molecular complexity index is 185. The number of aliphatic hydroxyl groups is 1. The zero-order valence-electron chi connectivity index (χ0n) is 8.78. The third kappa shape index (κ3) is 5.72. The highest BCUT2D eigenvalue weighted by molar-refractivity contribution is 5.86. The van der Waals surface area contributed by atoms with E-state index in [4.69, 9.17) is 14.6 Å². The Morgan fingerprint density at radius 1 is 1.57 bits per heavy atom. The zero-order chi connectivity index (χ0) is 11.0. The SMILES string of the molecule is C=C(C)C(=O)OCCCC(CO)OC. The standard InChI is InChI=1S/C10H18O4/c1-8(2)10(12)14-6-4-5-9(7-11)13-3/h9,11H,1,4-7H2,2-3H3. The van der Waals surface area contributed by atoms with Crippen LogP contribution in [0.25, 0.3) is 0 Å². The summed E-state index contributed by atoms with van der Waals surface area (Å²) < 4.78 is 9.81. The first-order valence-corrected chi connectivity index (χ1v) is 4.58. The van der Waals surface area contributed by atoms with E-state index in [1.54, 1.807) is 14.0 Å². The predicted octanol–water partition coefficient (Wildman–Crippen LogP) is 0.893. The molecule has 1 N–H and O–H groups in total. The van der Waals surface area contributed by atoms with Gasteiger partial charge in [-0.2, -0.15) is 0 Å². The number of hydrogen-bond acceptors (Lipinski definition) is 4. The molecule has 0 fully saturated rings. The van der Waals surface area contributed by atoms with Gasteiger partial charge in [0.25, 0.3) is 0 Å². The fourth-order valence-electron chi connectivity index (χ4n) is 0.883. The largest absolute Gasteiger partial charge is 0.462 e. The molecule has 4 nitrogen and oxygen atoms in total. The van der Waals surface area contributed by atoms with E-state index in [0.29, 0.717) is 25.0 Å². The van der Waals surface area contributed by atoms with Gasteiger partial charge in [0, 0.05) is 12.7 Å². The predicted molar refractivity (Wildman–Crippen MR) is 52.9 cm³/mol. The quantitative estimate of drug-likeness (QED) is 0.378. The van der Waals surface area contributed by atoms with Crippen LogP contribution in [0.4, 0.5) is 0 Å². The Balaban J connectivity index is 3.46. The highest BCUT2D eigenvalue weighted by atomic mass is 16.5. The number of carbonyl (C=O) groups is 1. The van der Waals surface area contributed by atoms with E-state index in [0.717, 1.165) is 0 Å². The van der Waals surface area contributed by atoms with E-state index >= 15 is 0 Å². The average Bonchev–Trinajstić information content (AvgIpc) is 2.17. The van der Waals surface area contributed by atoms with Crippen molar-refractivity contribution < 1.29 is 19.4 Å². The van der Waals surface area contributed by atoms with Crippen molar-refractivity contribution in [2.75, 3.05) is 20.3 Å². The Morgan fingerprint density at radius 2 is 2.21 bits per heavy atom. The van der Waals surface area contributed by atoms with Gasteiger partial charge in [-0.3, -0.25) is 0 Å². The maximum Gasteiger partial charge on any atom is 0.333 e. The average molecular weight is 202 g/mol. The van der Waals surface area contributed by atoms with Crippen LogP contribution in [-0.2, 0) is 14.3 Å². The van der Waals surface area contributed by atoms with E-state index in [9.17, 15) is 4.79 Å². The Hall–Kier alpha value is -0.870. The molecular formula is C10H18O4. The Morgan fingerprint density at radius 3 is 2.64 bits per heavy atom. The van der Waals surface area contributed by atoms with E-state index in [2.05, 4.69) is 6.58 Å². The fourth-order valence-corrected chi connectivity index (χ4v) is 0.883. The van der Waals surface area contributed by atoms with Crippen molar-refractivity contribution in [3.63, 3.8) is 0 Å². The van der Waals surface area contributed by atoms with Crippen molar-refractivity contribution in [3.05, 3.63) is 12.2 Å². The highest BCUT2D eigenvalue weighted by Crippen LogP contribution is 2.01. The van der Waals surface area contributed by atoms with Gasteiger partial charge in [0.1, 0.15) is 0 Å². The normalized spacial score (nSPS) is 12.2. The van der Waals surface area contributed by atoms with Crippen LogP contribution in [0.3, 0.4) is 0 Å². The summed E-state index contributed by atoms with van der Waals surface area (Å²) in [5.41, 5.74) is 0.399. The lowest BCUT2D eigenvalue weighted by Gasteiger charge is -2.11. The van der Waals surface area contributed by atoms with Gasteiger partial charge < -0.3 is 14.6 Å². The summed E-state index contributed by atoms with van der Waals surface area (Å²) in [5.74, 6) is -0.372. The number of rotatable bonds is 7. The molecule has 0 aliphatic rings. The monoisotopic (exact) mass is 202 g/mol. The molecule has 4 heteroatoms. The van der Waals surface area contributed by atoms with Gasteiger partial charge in [0.15, 0.2) is 0 Å². The molecule has 0 spiro atoms. The summed E-state index contributed by atoms with van der Waals surface area (Å²) in [6, 6.07) is 0. The summed E-state index contributed by atoms with van der Waals surface area (Å²) in [6.07, 6.45) is 1.19. The van der Waals surface area contributed by atoms with Crippen molar-refractivity contribution in [3.8, 4) is 0 Å². The lowest BCUT2D eigenvalue weighted by molar-refractivity contribution is -0.139. The number of ether oxygens (including phenoxy) is 2. The number of carbonyl (C=O) groups excluding carboxylic acids is 1. The molecule has 0 saturated heterocycles. The first-order chi connectivity index (χ1) is 6.61. The van der Waals surface area contributed by atoms with Crippen molar-refractivity contribution in [2.45, 2.75) is 25.9 Å². The molecule has 0 aliphatic heterocycles. The molecule has 0 amide bonds. The Kier molecular flexibility index (Phi) is 7.06. The molecular weight excluding hydrogens is 184 g/mol. The van der Waals surface area contributed by atoms with Crippen LogP contribution in [0.2, 0.25) is 0 Å². The molecule has 82 valence electrons. The first kappa shape index (κ1) is 13.1. The molecule has 1 atom stereocenters. The van der Waals surface area contributed by atoms with Crippen molar-refractivity contribution in [1.29, 1.82) is 0 Å². The second kappa shape index (κ2) is 7.53. The maximum absolute atomic E-state index is 10.9. The van der Waals surface area contributed by atoms with Gasteiger partial charge in [-0.05, 0) is 19.8 Å². The topological polar surface area (TPSA) is 55.8 Å². The molecule has 0 aromatic rings. The minimum atomic E-state index is -0.372. The third-order valence-corrected chi connectivity index (χ3v) is 1.79. The fraction of sp³-hybridized carbons (Fsp3) is 0.700. The lowest BCUT2D eigenvalue weighted by atomic mass is 10.2. The number of hydrogen-bond donors (Lipinski definition) is 1. The summed E-state index contributed by atoms with van der Waals surface area (Å²) in [7, 11) is 1.54. The number of methoxy groups -OCH3 is 1. The first-order valence-electron chi connectivity index (χ1n) is 4.58. The van der Waals surface area contributed by atoms with Crippen LogP contribution < -0.4 is 0 Å². The van der Waals surface area contributed by atoms with Crippen LogP contribution >= 0.6 is 0 Å². The highest BCUT2D eigenvalue weighted by Gasteiger charge is 2.06. The van der Waals surface area contributed by atoms with Crippen molar-refractivity contribution in [1.82, 2.24) is 0 Å². The van der Waals surface area contributed by atoms with Crippen molar-refractivity contribution >= 4 is 5.97 Å². The molecule has 0 rings (SSSR count). The van der Waals surface area contributed by atoms with E-state index in [1.807, 2.05) is 0 Å². The van der Waals surface area contributed by atoms with Crippen LogP contribution in [0.15, 0.2) is 12.2 Å². The molecule has 0 radical (unpaired) electrons. The van der Waals surface area contributed by atoms with E-state index in [-0.39, 0.29) is 18.7 Å². The molecule has 0 heterocycles. The second-order valence-electron chi connectivity index (χ2n) is 3.10. The molecule has 0 aromatic carbocycles. The lowest BCUT2D eigenvalue weighted by Crippen LogP contribution is -2.16. The van der Waals surface area contributed by atoms with Gasteiger partial charge in [-0.1, -0.05) is 6.58 Å². The van der Waals surface area contributed by atoms with Crippen LogP contribution in [-0.4, -0.2) is 37.5 Å². The minimum Gasteiger partial charge on any atom is -0.462 e. The van der Waals surface area contributed by atoms with Crippen LogP contribution in [0, 0.1) is 0 Å². The number of aliphatic hydroxyl groups excluding tert-OH is 1. The second-order valence-corrected chi connectivity index (χ2v) is 3.10. The van der Waals surface area contributed by atoms with Gasteiger partial charge in [0.2, 0.25) is 0 Å². The number of esters is 1.